The van der Waals surface area contributed by atoms with Gasteiger partial charge in [0.15, 0.2) is 0 Å². The Hall–Kier alpha value is 0.110. The quantitative estimate of drug-likeness (QED) is 0.666. The van der Waals surface area contributed by atoms with Gasteiger partial charge in [0.05, 0.1) is 0 Å². The zero-order valence-electron chi connectivity index (χ0n) is 10.8. The minimum atomic E-state index is -0.534. The van der Waals surface area contributed by atoms with Gasteiger partial charge in [0.1, 0.15) is 0 Å². The van der Waals surface area contributed by atoms with Gasteiger partial charge < -0.3 is 5.32 Å². The van der Waals surface area contributed by atoms with Gasteiger partial charge in [-0.15, -0.1) is 0 Å². The Morgan fingerprint density at radius 2 is 2.00 bits per heavy atom. The monoisotopic (exact) mass is 245 g/mol. The van der Waals surface area contributed by atoms with Gasteiger partial charge in [0.25, 0.3) is 0 Å². The summed E-state index contributed by atoms with van der Waals surface area (Å²) in [4.78, 5) is 0. The van der Waals surface area contributed by atoms with Crippen LogP contribution in [-0.2, 0) is 10.8 Å². The van der Waals surface area contributed by atoms with Crippen molar-refractivity contribution in [3.63, 3.8) is 0 Å². The van der Waals surface area contributed by atoms with Gasteiger partial charge in [0.2, 0.25) is 0 Å². The van der Waals surface area contributed by atoms with Crippen LogP contribution < -0.4 is 5.32 Å². The van der Waals surface area contributed by atoms with Gasteiger partial charge in [-0.3, -0.25) is 4.21 Å². The van der Waals surface area contributed by atoms with Crippen molar-refractivity contribution >= 4 is 10.8 Å². The highest BCUT2D eigenvalue weighted by atomic mass is 32.2. The highest BCUT2D eigenvalue weighted by Gasteiger charge is 2.20. The van der Waals surface area contributed by atoms with Gasteiger partial charge in [-0.1, -0.05) is 26.2 Å². The van der Waals surface area contributed by atoms with Gasteiger partial charge in [-0.2, -0.15) is 0 Å². The number of unbranched alkanes of at least 4 members (excludes halogenated alkanes) is 1. The average molecular weight is 245 g/mol. The van der Waals surface area contributed by atoms with Crippen LogP contribution in [0.3, 0.4) is 0 Å². The Morgan fingerprint density at radius 3 is 2.62 bits per heavy atom. The largest absolute Gasteiger partial charge is 0.315 e. The van der Waals surface area contributed by atoms with Crippen LogP contribution in [0.25, 0.3) is 0 Å². The third kappa shape index (κ3) is 5.44. The Morgan fingerprint density at radius 1 is 1.31 bits per heavy atom. The molecule has 2 unspecified atom stereocenters. The molecule has 0 aliphatic heterocycles. The van der Waals surface area contributed by atoms with Crippen molar-refractivity contribution in [2.75, 3.05) is 12.3 Å². The Labute approximate surface area is 103 Å². The minimum Gasteiger partial charge on any atom is -0.315 e. The molecule has 0 aromatic carbocycles. The lowest BCUT2D eigenvalue weighted by Crippen LogP contribution is -2.25. The molecule has 0 spiro atoms. The maximum absolute atomic E-state index is 11.9. The van der Waals surface area contributed by atoms with Crippen molar-refractivity contribution in [2.45, 2.75) is 70.1 Å². The van der Waals surface area contributed by atoms with Crippen LogP contribution in [0.15, 0.2) is 0 Å². The topological polar surface area (TPSA) is 29.1 Å². The molecular formula is C13H27NOS. The second-order valence-corrected chi connectivity index (χ2v) is 6.78. The van der Waals surface area contributed by atoms with Crippen LogP contribution >= 0.6 is 0 Å². The number of nitrogens with one attached hydrogen (secondary N) is 1. The Kier molecular flexibility index (Phi) is 7.30. The van der Waals surface area contributed by atoms with Crippen LogP contribution in [0.2, 0.25) is 0 Å². The molecule has 1 rings (SSSR count). The molecule has 0 aromatic heterocycles. The van der Waals surface area contributed by atoms with Crippen molar-refractivity contribution in [1.82, 2.24) is 5.32 Å². The molecule has 1 aliphatic rings. The third-order valence-corrected chi connectivity index (χ3v) is 5.37. The van der Waals surface area contributed by atoms with E-state index in [0.717, 1.165) is 18.7 Å². The summed E-state index contributed by atoms with van der Waals surface area (Å²) in [6.45, 7) is 5.43. The molecule has 2 nitrogen and oxygen atoms in total. The first kappa shape index (κ1) is 14.2. The maximum atomic E-state index is 11.9. The van der Waals surface area contributed by atoms with Gasteiger partial charge in [-0.25, -0.2) is 0 Å². The Balaban J connectivity index is 1.99. The molecule has 96 valence electrons. The molecule has 0 heterocycles. The first-order valence-corrected chi connectivity index (χ1v) is 8.22. The van der Waals surface area contributed by atoms with E-state index in [1.54, 1.807) is 0 Å². The normalized spacial score (nSPS) is 21.1. The molecule has 0 bridgehead atoms. The predicted molar refractivity (Wildman–Crippen MR) is 72.3 cm³/mol. The first-order valence-electron chi connectivity index (χ1n) is 6.84. The standard InChI is InChI=1S/C13H27NOS/c1-3-14-12(2)8-6-7-11-16(15)13-9-4-5-10-13/h12-14H,3-11H2,1-2H3. The molecule has 1 N–H and O–H groups in total. The second-order valence-electron chi connectivity index (χ2n) is 4.95. The van der Waals surface area contributed by atoms with Crippen LogP contribution in [0.5, 0.6) is 0 Å². The summed E-state index contributed by atoms with van der Waals surface area (Å²) in [7, 11) is -0.534. The lowest BCUT2D eigenvalue weighted by atomic mass is 10.1. The van der Waals surface area contributed by atoms with E-state index in [9.17, 15) is 4.21 Å². The molecule has 1 fully saturated rings. The summed E-state index contributed by atoms with van der Waals surface area (Å²) in [6, 6.07) is 0.616. The number of hydrogen-bond donors (Lipinski definition) is 1. The fourth-order valence-electron chi connectivity index (χ4n) is 2.46. The van der Waals surface area contributed by atoms with E-state index in [4.69, 9.17) is 0 Å². The van der Waals surface area contributed by atoms with Gasteiger partial charge in [0, 0.05) is 27.8 Å². The molecule has 1 aliphatic carbocycles. The highest BCUT2D eigenvalue weighted by molar-refractivity contribution is 7.85. The van der Waals surface area contributed by atoms with Crippen LogP contribution in [0.4, 0.5) is 0 Å². The van der Waals surface area contributed by atoms with Gasteiger partial charge in [-0.05, 0) is 39.2 Å². The summed E-state index contributed by atoms with van der Waals surface area (Å²) in [6.07, 6.45) is 8.59. The fourth-order valence-corrected chi connectivity index (χ4v) is 4.14. The van der Waals surface area contributed by atoms with Crippen molar-refractivity contribution in [3.05, 3.63) is 0 Å². The zero-order valence-corrected chi connectivity index (χ0v) is 11.7. The highest BCUT2D eigenvalue weighted by Crippen LogP contribution is 2.23. The van der Waals surface area contributed by atoms with Crippen molar-refractivity contribution < 1.29 is 4.21 Å². The minimum absolute atomic E-state index is 0.534. The van der Waals surface area contributed by atoms with Crippen molar-refractivity contribution in [2.24, 2.45) is 0 Å². The second kappa shape index (κ2) is 8.24. The zero-order chi connectivity index (χ0) is 11.8. The summed E-state index contributed by atoms with van der Waals surface area (Å²) in [5.74, 6) is 0.934. The SMILES string of the molecule is CCNC(C)CCCCS(=O)C1CCCC1. The molecule has 0 radical (unpaired) electrons. The number of hydrogen-bond acceptors (Lipinski definition) is 2. The average Bonchev–Trinajstić information content (AvgIpc) is 2.78. The number of rotatable bonds is 8. The molecular weight excluding hydrogens is 218 g/mol. The smallest absolute Gasteiger partial charge is 0.0348 e. The maximum Gasteiger partial charge on any atom is 0.0348 e. The molecule has 16 heavy (non-hydrogen) atoms. The summed E-state index contributed by atoms with van der Waals surface area (Å²) < 4.78 is 11.9. The summed E-state index contributed by atoms with van der Waals surface area (Å²) in [5.41, 5.74) is 0. The van der Waals surface area contributed by atoms with Crippen LogP contribution in [0, 0.1) is 0 Å². The molecule has 2 atom stereocenters. The van der Waals surface area contributed by atoms with E-state index in [1.165, 1.54) is 38.5 Å². The van der Waals surface area contributed by atoms with E-state index >= 15 is 0 Å². The lowest BCUT2D eigenvalue weighted by molar-refractivity contribution is 0.509. The van der Waals surface area contributed by atoms with E-state index < -0.39 is 10.8 Å². The summed E-state index contributed by atoms with van der Waals surface area (Å²) in [5, 5.41) is 3.95. The van der Waals surface area contributed by atoms with E-state index in [-0.39, 0.29) is 0 Å². The van der Waals surface area contributed by atoms with Crippen molar-refractivity contribution in [3.8, 4) is 0 Å². The molecule has 3 heteroatoms. The predicted octanol–water partition coefficient (Wildman–Crippen LogP) is 2.85. The van der Waals surface area contributed by atoms with Crippen LogP contribution in [0.1, 0.15) is 58.8 Å². The van der Waals surface area contributed by atoms with Crippen LogP contribution in [-0.4, -0.2) is 27.8 Å². The first-order chi connectivity index (χ1) is 7.74. The lowest BCUT2D eigenvalue weighted by Gasteiger charge is -2.12. The molecule has 0 aromatic rings. The third-order valence-electron chi connectivity index (χ3n) is 3.46. The summed E-state index contributed by atoms with van der Waals surface area (Å²) >= 11 is 0. The van der Waals surface area contributed by atoms with E-state index in [2.05, 4.69) is 19.2 Å². The fraction of sp³-hybridized carbons (Fsp3) is 1.00. The van der Waals surface area contributed by atoms with Gasteiger partial charge >= 0.3 is 0 Å². The van der Waals surface area contributed by atoms with E-state index in [1.807, 2.05) is 0 Å². The molecule has 0 amide bonds. The Bertz CT molecular complexity index is 202. The molecule has 0 saturated heterocycles. The van der Waals surface area contributed by atoms with E-state index in [0.29, 0.717) is 11.3 Å². The molecule has 1 saturated carbocycles. The van der Waals surface area contributed by atoms with Crippen molar-refractivity contribution in [1.29, 1.82) is 0 Å².